The van der Waals surface area contributed by atoms with Crippen LogP contribution in [0.5, 0.6) is 0 Å². The summed E-state index contributed by atoms with van der Waals surface area (Å²) < 4.78 is 56.5. The van der Waals surface area contributed by atoms with Gasteiger partial charge in [0.15, 0.2) is 0 Å². The number of benzene rings is 2. The van der Waals surface area contributed by atoms with Gasteiger partial charge in [0, 0.05) is 0 Å². The van der Waals surface area contributed by atoms with Gasteiger partial charge in [0.25, 0.3) is 20.2 Å². The third-order valence-corrected chi connectivity index (χ3v) is 4.58. The maximum atomic E-state index is 11.3. The van der Waals surface area contributed by atoms with E-state index in [0.29, 0.717) is 0 Å². The summed E-state index contributed by atoms with van der Waals surface area (Å²) in [5.74, 6) is 0. The first-order valence-electron chi connectivity index (χ1n) is 6.35. The van der Waals surface area contributed by atoms with Crippen molar-refractivity contribution in [1.82, 2.24) is 0 Å². The van der Waals surface area contributed by atoms with Crippen molar-refractivity contribution in [1.29, 1.82) is 0 Å². The molecular formula is C15H16O6S2. The first kappa shape index (κ1) is 19.0. The molecule has 0 aromatic heterocycles. The SMILES string of the molecule is C=CCOS(=O)(=O)c1ccccc1.O=S(=O)(O)c1ccccc1. The van der Waals surface area contributed by atoms with Crippen molar-refractivity contribution in [2.45, 2.75) is 9.79 Å². The highest BCUT2D eigenvalue weighted by Crippen LogP contribution is 2.10. The number of hydrogen-bond donors (Lipinski definition) is 1. The molecule has 8 heteroatoms. The smallest absolute Gasteiger partial charge is 0.282 e. The van der Waals surface area contributed by atoms with Crippen molar-refractivity contribution in [3.8, 4) is 0 Å². The molecular weight excluding hydrogens is 340 g/mol. The first-order valence-corrected chi connectivity index (χ1v) is 9.20. The highest BCUT2D eigenvalue weighted by atomic mass is 32.2. The standard InChI is InChI=1S/C9H10O3S.C6H6O3S/c1-2-8-12-13(10,11)9-6-4-3-5-7-9;7-10(8,9)6-4-2-1-3-5-6/h2-7H,1,8H2;1-5H,(H,7,8,9). The average molecular weight is 356 g/mol. The minimum atomic E-state index is -4.00. The monoisotopic (exact) mass is 356 g/mol. The van der Waals surface area contributed by atoms with Gasteiger partial charge in [0.05, 0.1) is 16.4 Å². The van der Waals surface area contributed by atoms with Gasteiger partial charge in [0.2, 0.25) is 0 Å². The molecule has 0 amide bonds. The van der Waals surface area contributed by atoms with Gasteiger partial charge in [-0.1, -0.05) is 42.5 Å². The van der Waals surface area contributed by atoms with Crippen LogP contribution in [0.3, 0.4) is 0 Å². The molecule has 0 spiro atoms. The van der Waals surface area contributed by atoms with Gasteiger partial charge in [0.1, 0.15) is 0 Å². The number of rotatable bonds is 5. The Morgan fingerprint density at radius 2 is 1.30 bits per heavy atom. The molecule has 0 heterocycles. The summed E-state index contributed by atoms with van der Waals surface area (Å²) in [6.07, 6.45) is 1.39. The highest BCUT2D eigenvalue weighted by molar-refractivity contribution is 7.86. The van der Waals surface area contributed by atoms with Crippen molar-refractivity contribution in [2.75, 3.05) is 6.61 Å². The highest BCUT2D eigenvalue weighted by Gasteiger charge is 2.12. The van der Waals surface area contributed by atoms with E-state index >= 15 is 0 Å². The molecule has 0 aliphatic heterocycles. The molecule has 0 fully saturated rings. The molecule has 0 aliphatic carbocycles. The van der Waals surface area contributed by atoms with Gasteiger partial charge < -0.3 is 0 Å². The molecule has 2 aromatic carbocycles. The fourth-order valence-corrected chi connectivity index (χ4v) is 2.79. The lowest BCUT2D eigenvalue weighted by atomic mass is 10.4. The predicted molar refractivity (Wildman–Crippen MR) is 86.0 cm³/mol. The molecule has 0 atom stereocenters. The van der Waals surface area contributed by atoms with Gasteiger partial charge >= 0.3 is 0 Å². The van der Waals surface area contributed by atoms with E-state index in [1.165, 1.54) is 30.3 Å². The molecule has 0 aliphatic rings. The van der Waals surface area contributed by atoms with Crippen LogP contribution in [0.4, 0.5) is 0 Å². The van der Waals surface area contributed by atoms with Gasteiger partial charge in [-0.25, -0.2) is 0 Å². The Bertz CT molecular complexity index is 813. The lowest BCUT2D eigenvalue weighted by Gasteiger charge is -2.01. The maximum Gasteiger partial charge on any atom is 0.297 e. The summed E-state index contributed by atoms with van der Waals surface area (Å²) in [4.78, 5) is 0.0897. The van der Waals surface area contributed by atoms with Crippen LogP contribution in [0.2, 0.25) is 0 Å². The van der Waals surface area contributed by atoms with Gasteiger partial charge in [-0.15, -0.1) is 6.58 Å². The maximum absolute atomic E-state index is 11.3. The molecule has 0 radical (unpaired) electrons. The van der Waals surface area contributed by atoms with E-state index in [9.17, 15) is 16.8 Å². The fraction of sp³-hybridized carbons (Fsp3) is 0.0667. The molecule has 1 N–H and O–H groups in total. The zero-order valence-corrected chi connectivity index (χ0v) is 13.7. The molecule has 0 unspecified atom stereocenters. The third-order valence-electron chi connectivity index (χ3n) is 2.41. The Morgan fingerprint density at radius 1 is 0.870 bits per heavy atom. The summed E-state index contributed by atoms with van der Waals surface area (Å²) in [6.45, 7) is 3.37. The van der Waals surface area contributed by atoms with E-state index in [1.54, 1.807) is 36.4 Å². The normalized spacial score (nSPS) is 11.2. The molecule has 0 saturated heterocycles. The largest absolute Gasteiger partial charge is 0.297 e. The van der Waals surface area contributed by atoms with Crippen LogP contribution in [0.1, 0.15) is 0 Å². The van der Waals surface area contributed by atoms with Gasteiger partial charge in [-0.05, 0) is 24.3 Å². The molecule has 2 rings (SSSR count). The van der Waals surface area contributed by atoms with Crippen molar-refractivity contribution < 1.29 is 25.6 Å². The van der Waals surface area contributed by atoms with Crippen molar-refractivity contribution in [3.05, 3.63) is 73.3 Å². The van der Waals surface area contributed by atoms with Crippen LogP contribution in [0, 0.1) is 0 Å². The summed E-state index contributed by atoms with van der Waals surface area (Å²) in [7, 11) is -7.60. The van der Waals surface area contributed by atoms with Crippen molar-refractivity contribution >= 4 is 20.2 Å². The number of hydrogen-bond acceptors (Lipinski definition) is 5. The lowest BCUT2D eigenvalue weighted by Crippen LogP contribution is -2.05. The Hall–Kier alpha value is -2.00. The molecule has 2 aromatic rings. The van der Waals surface area contributed by atoms with E-state index in [-0.39, 0.29) is 16.4 Å². The first-order chi connectivity index (χ1) is 10.8. The van der Waals surface area contributed by atoms with E-state index in [2.05, 4.69) is 10.8 Å². The Morgan fingerprint density at radius 3 is 1.65 bits per heavy atom. The Balaban J connectivity index is 0.000000238. The van der Waals surface area contributed by atoms with Crippen LogP contribution >= 0.6 is 0 Å². The molecule has 0 bridgehead atoms. The topological polar surface area (TPSA) is 97.7 Å². The Labute approximate surface area is 135 Å². The van der Waals surface area contributed by atoms with Crippen LogP contribution in [0.15, 0.2) is 83.1 Å². The fourth-order valence-electron chi connectivity index (χ4n) is 1.39. The Kier molecular flexibility index (Phi) is 7.11. The van der Waals surface area contributed by atoms with Crippen molar-refractivity contribution in [2.24, 2.45) is 0 Å². The minimum Gasteiger partial charge on any atom is -0.282 e. The molecule has 124 valence electrons. The molecule has 0 saturated carbocycles. The van der Waals surface area contributed by atoms with E-state index in [1.807, 2.05) is 0 Å². The minimum absolute atomic E-state index is 0.00275. The van der Waals surface area contributed by atoms with Crippen LogP contribution in [-0.2, 0) is 24.4 Å². The zero-order chi connectivity index (χ0) is 17.3. The zero-order valence-electron chi connectivity index (χ0n) is 12.1. The summed E-state index contributed by atoms with van der Waals surface area (Å²) in [6, 6.07) is 15.4. The van der Waals surface area contributed by atoms with E-state index in [0.717, 1.165) is 0 Å². The quantitative estimate of drug-likeness (QED) is 0.502. The van der Waals surface area contributed by atoms with Crippen LogP contribution in [0.25, 0.3) is 0 Å². The van der Waals surface area contributed by atoms with Gasteiger partial charge in [-0.3, -0.25) is 8.74 Å². The van der Waals surface area contributed by atoms with Crippen LogP contribution < -0.4 is 0 Å². The summed E-state index contributed by atoms with van der Waals surface area (Å²) in [5, 5.41) is 0. The lowest BCUT2D eigenvalue weighted by molar-refractivity contribution is 0.357. The second-order valence-electron chi connectivity index (χ2n) is 4.13. The van der Waals surface area contributed by atoms with E-state index in [4.69, 9.17) is 4.55 Å². The van der Waals surface area contributed by atoms with Crippen LogP contribution in [-0.4, -0.2) is 28.0 Å². The van der Waals surface area contributed by atoms with E-state index < -0.39 is 20.2 Å². The molecule has 6 nitrogen and oxygen atoms in total. The average Bonchev–Trinajstić information content (AvgIpc) is 2.54. The second-order valence-corrected chi connectivity index (χ2v) is 7.17. The molecule has 23 heavy (non-hydrogen) atoms. The second kappa shape index (κ2) is 8.59. The third kappa shape index (κ3) is 6.74. The van der Waals surface area contributed by atoms with Gasteiger partial charge in [-0.2, -0.15) is 16.8 Å². The summed E-state index contributed by atoms with van der Waals surface area (Å²) in [5.41, 5.74) is 0. The summed E-state index contributed by atoms with van der Waals surface area (Å²) >= 11 is 0. The predicted octanol–water partition coefficient (Wildman–Crippen LogP) is 2.51. The van der Waals surface area contributed by atoms with Crippen molar-refractivity contribution in [3.63, 3.8) is 0 Å².